The number of carbonyl (C=O) groups excluding carboxylic acids is 2. The maximum atomic E-state index is 13.4. The molecule has 2 aromatic heterocycles. The number of Topliss-reactive ketones (excluding diaryl/α,β-unsaturated/α-hetero) is 1. The first-order valence-corrected chi connectivity index (χ1v) is 12.4. The van der Waals surface area contributed by atoms with Crippen LogP contribution in [-0.2, 0) is 14.3 Å². The fraction of sp³-hybridized carbons (Fsp3) is 0.417. The van der Waals surface area contributed by atoms with E-state index in [0.717, 1.165) is 53.9 Å². The Morgan fingerprint density at radius 1 is 1.07 bits per heavy atom. The smallest absolute Gasteiger partial charge is 0.337 e. The molecule has 0 bridgehead atoms. The largest absolute Gasteiger partial charge is 0.459 e. The Morgan fingerprint density at radius 3 is 2.43 bits per heavy atom. The number of nitrogens with one attached hydrogen (secondary N) is 1. The van der Waals surface area contributed by atoms with Crippen LogP contribution in [0.5, 0.6) is 0 Å². The van der Waals surface area contributed by atoms with Crippen molar-refractivity contribution < 1.29 is 14.3 Å². The first-order valence-electron chi connectivity index (χ1n) is 10.6. The van der Waals surface area contributed by atoms with Gasteiger partial charge in [-0.05, 0) is 61.9 Å². The Kier molecular flexibility index (Phi) is 5.37. The maximum absolute atomic E-state index is 13.4. The van der Waals surface area contributed by atoms with Crippen molar-refractivity contribution in [1.29, 1.82) is 0 Å². The van der Waals surface area contributed by atoms with E-state index in [1.807, 2.05) is 30.5 Å². The molecule has 2 aliphatic carbocycles. The van der Waals surface area contributed by atoms with Crippen LogP contribution in [0.3, 0.4) is 0 Å². The van der Waals surface area contributed by atoms with Crippen molar-refractivity contribution in [2.24, 2.45) is 0 Å². The number of thiophene rings is 2. The van der Waals surface area contributed by atoms with Crippen LogP contribution in [-0.4, -0.2) is 17.9 Å². The molecule has 0 saturated heterocycles. The molecule has 1 fully saturated rings. The van der Waals surface area contributed by atoms with E-state index in [9.17, 15) is 9.59 Å². The number of carbonyl (C=O) groups is 2. The molecule has 0 amide bonds. The Balaban J connectivity index is 1.51. The van der Waals surface area contributed by atoms with Crippen LogP contribution in [0.4, 0.5) is 0 Å². The van der Waals surface area contributed by atoms with Crippen molar-refractivity contribution in [3.8, 4) is 0 Å². The van der Waals surface area contributed by atoms with E-state index in [2.05, 4.69) is 16.8 Å². The molecule has 2 atom stereocenters. The summed E-state index contributed by atoms with van der Waals surface area (Å²) in [7, 11) is 0. The van der Waals surface area contributed by atoms with Crippen molar-refractivity contribution in [3.05, 3.63) is 67.3 Å². The average Bonchev–Trinajstić information content (AvgIpc) is 3.49. The van der Waals surface area contributed by atoms with Gasteiger partial charge in [0.1, 0.15) is 6.10 Å². The van der Waals surface area contributed by atoms with Crippen molar-refractivity contribution in [2.75, 3.05) is 0 Å². The highest BCUT2D eigenvalue weighted by Crippen LogP contribution is 2.47. The van der Waals surface area contributed by atoms with Gasteiger partial charge in [0.25, 0.3) is 0 Å². The molecular formula is C24H25NO3S2. The summed E-state index contributed by atoms with van der Waals surface area (Å²) in [5.41, 5.74) is 3.15. The summed E-state index contributed by atoms with van der Waals surface area (Å²) < 4.78 is 5.88. The molecule has 0 aromatic carbocycles. The molecule has 3 heterocycles. The summed E-state index contributed by atoms with van der Waals surface area (Å²) in [6.07, 6.45) is 5.39. The van der Waals surface area contributed by atoms with Gasteiger partial charge in [-0.2, -0.15) is 0 Å². The van der Waals surface area contributed by atoms with Gasteiger partial charge in [-0.25, -0.2) is 4.79 Å². The third-order valence-electron chi connectivity index (χ3n) is 6.40. The minimum absolute atomic E-state index is 0.00225. The van der Waals surface area contributed by atoms with Gasteiger partial charge in [0.05, 0.1) is 11.5 Å². The fourth-order valence-corrected chi connectivity index (χ4v) is 6.67. The van der Waals surface area contributed by atoms with Gasteiger partial charge >= 0.3 is 5.97 Å². The van der Waals surface area contributed by atoms with Crippen molar-refractivity contribution in [2.45, 2.75) is 63.4 Å². The molecule has 4 nitrogen and oxygen atoms in total. The maximum Gasteiger partial charge on any atom is 0.337 e. The van der Waals surface area contributed by atoms with Gasteiger partial charge < -0.3 is 10.1 Å². The minimum Gasteiger partial charge on any atom is -0.459 e. The van der Waals surface area contributed by atoms with E-state index in [4.69, 9.17) is 4.74 Å². The van der Waals surface area contributed by atoms with Crippen LogP contribution >= 0.6 is 22.7 Å². The zero-order valence-electron chi connectivity index (χ0n) is 17.0. The van der Waals surface area contributed by atoms with Crippen molar-refractivity contribution >= 4 is 34.4 Å². The van der Waals surface area contributed by atoms with Crippen LogP contribution in [0.2, 0.25) is 0 Å². The van der Waals surface area contributed by atoms with E-state index >= 15 is 0 Å². The molecule has 30 heavy (non-hydrogen) atoms. The quantitative estimate of drug-likeness (QED) is 0.625. The molecule has 0 spiro atoms. The summed E-state index contributed by atoms with van der Waals surface area (Å²) in [4.78, 5) is 28.9. The van der Waals surface area contributed by atoms with Gasteiger partial charge in [0.2, 0.25) is 0 Å². The SMILES string of the molecule is CC1=C(C(=O)OC2CCCC2)[C@H](c2cccs2)C2=C(C[C@H](c3cccs3)CC2=O)N1. The van der Waals surface area contributed by atoms with Gasteiger partial charge in [0.15, 0.2) is 5.78 Å². The zero-order valence-corrected chi connectivity index (χ0v) is 18.6. The Hall–Kier alpha value is -2.18. The van der Waals surface area contributed by atoms with Gasteiger partial charge in [-0.15, -0.1) is 22.7 Å². The van der Waals surface area contributed by atoms with E-state index in [0.29, 0.717) is 12.0 Å². The number of esters is 1. The molecule has 2 aromatic rings. The summed E-state index contributed by atoms with van der Waals surface area (Å²) in [6, 6.07) is 8.17. The second-order valence-electron chi connectivity index (χ2n) is 8.36. The molecule has 0 unspecified atom stereocenters. The van der Waals surface area contributed by atoms with Crippen LogP contribution in [0.1, 0.15) is 67.0 Å². The molecular weight excluding hydrogens is 414 g/mol. The topological polar surface area (TPSA) is 55.4 Å². The first kappa shape index (κ1) is 19.8. The van der Waals surface area contributed by atoms with Crippen LogP contribution < -0.4 is 5.32 Å². The van der Waals surface area contributed by atoms with E-state index in [-0.39, 0.29) is 29.7 Å². The van der Waals surface area contributed by atoms with Gasteiger partial charge in [-0.3, -0.25) is 4.79 Å². The summed E-state index contributed by atoms with van der Waals surface area (Å²) in [5, 5.41) is 7.51. The lowest BCUT2D eigenvalue weighted by Gasteiger charge is -2.36. The molecule has 3 aliphatic rings. The molecule has 5 rings (SSSR count). The van der Waals surface area contributed by atoms with Gasteiger partial charge in [-0.1, -0.05) is 12.1 Å². The predicted molar refractivity (Wildman–Crippen MR) is 120 cm³/mol. The van der Waals surface area contributed by atoms with Crippen LogP contribution in [0.25, 0.3) is 0 Å². The molecule has 1 aliphatic heterocycles. The van der Waals surface area contributed by atoms with Gasteiger partial charge in [0, 0.05) is 39.1 Å². The minimum atomic E-state index is -0.327. The highest BCUT2D eigenvalue weighted by atomic mass is 32.1. The number of hydrogen-bond acceptors (Lipinski definition) is 6. The fourth-order valence-electron chi connectivity index (χ4n) is 5.00. The lowest BCUT2D eigenvalue weighted by atomic mass is 9.74. The lowest BCUT2D eigenvalue weighted by Crippen LogP contribution is -2.36. The van der Waals surface area contributed by atoms with Crippen LogP contribution in [0, 0.1) is 0 Å². The standard InChI is InChI=1S/C24H25NO3S2/c1-14-21(24(27)28-16-6-2-3-7-16)23(20-9-5-11-30-20)22-17(25-14)12-15(13-18(22)26)19-8-4-10-29-19/h4-5,8-11,15-16,23,25H,2-3,6-7,12-13H2,1H3/t15-,23-/m0/s1. The number of dihydropyridines is 1. The normalized spacial score (nSPS) is 24.8. The monoisotopic (exact) mass is 439 g/mol. The lowest BCUT2D eigenvalue weighted by molar-refractivity contribution is -0.144. The second kappa shape index (κ2) is 8.16. The molecule has 6 heteroatoms. The van der Waals surface area contributed by atoms with E-state index < -0.39 is 0 Å². The van der Waals surface area contributed by atoms with E-state index in [1.165, 1.54) is 4.88 Å². The number of rotatable bonds is 4. The van der Waals surface area contributed by atoms with Crippen molar-refractivity contribution in [3.63, 3.8) is 0 Å². The Labute approximate surface area is 184 Å². The molecule has 156 valence electrons. The molecule has 0 radical (unpaired) electrons. The number of ketones is 1. The zero-order chi connectivity index (χ0) is 20.7. The molecule has 1 N–H and O–H groups in total. The summed E-state index contributed by atoms with van der Waals surface area (Å²) >= 11 is 3.30. The number of hydrogen-bond donors (Lipinski definition) is 1. The Bertz CT molecular complexity index is 1010. The van der Waals surface area contributed by atoms with Crippen molar-refractivity contribution in [1.82, 2.24) is 5.32 Å². The highest BCUT2D eigenvalue weighted by Gasteiger charge is 2.42. The highest BCUT2D eigenvalue weighted by molar-refractivity contribution is 7.10. The van der Waals surface area contributed by atoms with Crippen LogP contribution in [0.15, 0.2) is 57.6 Å². The number of allylic oxidation sites excluding steroid dienone is 3. The summed E-state index contributed by atoms with van der Waals surface area (Å²) in [6.45, 7) is 1.94. The van der Waals surface area contributed by atoms with E-state index in [1.54, 1.807) is 22.7 Å². The number of ether oxygens (including phenoxy) is 1. The Morgan fingerprint density at radius 2 is 1.77 bits per heavy atom. The third kappa shape index (κ3) is 3.56. The first-order chi connectivity index (χ1) is 14.6. The average molecular weight is 440 g/mol. The molecule has 1 saturated carbocycles. The third-order valence-corrected chi connectivity index (χ3v) is 8.37. The predicted octanol–water partition coefficient (Wildman–Crippen LogP) is 5.66. The summed E-state index contributed by atoms with van der Waals surface area (Å²) in [5.74, 6) is -0.260. The second-order valence-corrected chi connectivity index (χ2v) is 10.3.